The van der Waals surface area contributed by atoms with Crippen LogP contribution in [0.3, 0.4) is 0 Å². The zero-order valence-electron chi connectivity index (χ0n) is 10.3. The van der Waals surface area contributed by atoms with Gasteiger partial charge in [0.15, 0.2) is 0 Å². The van der Waals surface area contributed by atoms with E-state index in [-0.39, 0.29) is 0 Å². The van der Waals surface area contributed by atoms with Crippen LogP contribution in [0.25, 0.3) is 0 Å². The zero-order chi connectivity index (χ0) is 11.5. The Kier molecular flexibility index (Phi) is 3.62. The number of nitrogens with one attached hydrogen (secondary N) is 1. The summed E-state index contributed by atoms with van der Waals surface area (Å²) >= 11 is 0. The smallest absolute Gasteiger partial charge is 0.0222 e. The van der Waals surface area contributed by atoms with E-state index in [4.69, 9.17) is 5.73 Å². The van der Waals surface area contributed by atoms with Gasteiger partial charge in [-0.1, -0.05) is 24.6 Å². The molecule has 1 saturated carbocycles. The molecule has 1 aliphatic carbocycles. The number of rotatable bonds is 3. The van der Waals surface area contributed by atoms with Gasteiger partial charge in [-0.25, -0.2) is 0 Å². The van der Waals surface area contributed by atoms with Gasteiger partial charge in [0, 0.05) is 18.6 Å². The third-order valence-corrected chi connectivity index (χ3v) is 3.75. The highest BCUT2D eigenvalue weighted by atomic mass is 15.0. The van der Waals surface area contributed by atoms with Crippen LogP contribution >= 0.6 is 0 Å². The molecular formula is C14H22N2. The van der Waals surface area contributed by atoms with E-state index in [2.05, 4.69) is 37.4 Å². The zero-order valence-corrected chi connectivity index (χ0v) is 10.3. The lowest BCUT2D eigenvalue weighted by Gasteiger charge is -2.19. The lowest BCUT2D eigenvalue weighted by molar-refractivity contribution is 0.474. The summed E-state index contributed by atoms with van der Waals surface area (Å²) in [5, 5.41) is 3.60. The fourth-order valence-corrected chi connectivity index (χ4v) is 2.60. The second-order valence-corrected chi connectivity index (χ2v) is 4.95. The van der Waals surface area contributed by atoms with Crippen LogP contribution < -0.4 is 11.1 Å². The summed E-state index contributed by atoms with van der Waals surface area (Å²) in [5.41, 5.74) is 10.2. The van der Waals surface area contributed by atoms with Crippen LogP contribution in [0.4, 0.5) is 0 Å². The van der Waals surface area contributed by atoms with Gasteiger partial charge < -0.3 is 11.1 Å². The largest absolute Gasteiger partial charge is 0.326 e. The van der Waals surface area contributed by atoms with Gasteiger partial charge in [0.2, 0.25) is 0 Å². The molecule has 1 fully saturated rings. The van der Waals surface area contributed by atoms with Crippen molar-refractivity contribution < 1.29 is 0 Å². The third-order valence-electron chi connectivity index (χ3n) is 3.75. The summed E-state index contributed by atoms with van der Waals surface area (Å²) in [6.07, 6.45) is 3.67. The van der Waals surface area contributed by atoms with Gasteiger partial charge >= 0.3 is 0 Å². The molecule has 0 bridgehead atoms. The van der Waals surface area contributed by atoms with E-state index in [1.807, 2.05) is 0 Å². The highest BCUT2D eigenvalue weighted by molar-refractivity contribution is 5.33. The van der Waals surface area contributed by atoms with E-state index >= 15 is 0 Å². The van der Waals surface area contributed by atoms with Crippen molar-refractivity contribution >= 4 is 0 Å². The molecule has 1 aromatic carbocycles. The Morgan fingerprint density at radius 2 is 1.94 bits per heavy atom. The fourth-order valence-electron chi connectivity index (χ4n) is 2.60. The Morgan fingerprint density at radius 1 is 1.25 bits per heavy atom. The predicted octanol–water partition coefficient (Wildman–Crippen LogP) is 2.27. The maximum Gasteiger partial charge on any atom is 0.0222 e. The Morgan fingerprint density at radius 3 is 2.50 bits per heavy atom. The Hall–Kier alpha value is -0.860. The predicted molar refractivity (Wildman–Crippen MR) is 68.4 cm³/mol. The maximum absolute atomic E-state index is 6.06. The summed E-state index contributed by atoms with van der Waals surface area (Å²) in [7, 11) is 0. The molecule has 2 atom stereocenters. The van der Waals surface area contributed by atoms with Crippen LogP contribution in [-0.4, -0.2) is 12.1 Å². The minimum absolute atomic E-state index is 0.351. The van der Waals surface area contributed by atoms with Crippen molar-refractivity contribution in [1.29, 1.82) is 0 Å². The average Bonchev–Trinajstić information content (AvgIpc) is 2.64. The van der Waals surface area contributed by atoms with Gasteiger partial charge in [-0.2, -0.15) is 0 Å². The van der Waals surface area contributed by atoms with Crippen molar-refractivity contribution in [3.63, 3.8) is 0 Å². The number of hydrogen-bond acceptors (Lipinski definition) is 2. The van der Waals surface area contributed by atoms with Crippen molar-refractivity contribution in [1.82, 2.24) is 5.32 Å². The second kappa shape index (κ2) is 4.98. The van der Waals surface area contributed by atoms with Crippen molar-refractivity contribution in [3.8, 4) is 0 Å². The van der Waals surface area contributed by atoms with Crippen molar-refractivity contribution in [3.05, 3.63) is 34.9 Å². The van der Waals surface area contributed by atoms with Crippen molar-refractivity contribution in [2.45, 2.75) is 51.7 Å². The molecule has 0 saturated heterocycles. The average molecular weight is 218 g/mol. The number of nitrogens with two attached hydrogens (primary N) is 1. The summed E-state index contributed by atoms with van der Waals surface area (Å²) in [5.74, 6) is 0. The van der Waals surface area contributed by atoms with Crippen molar-refractivity contribution in [2.24, 2.45) is 5.73 Å². The topological polar surface area (TPSA) is 38.0 Å². The molecule has 1 aromatic rings. The van der Waals surface area contributed by atoms with Gasteiger partial charge in [-0.05, 0) is 43.4 Å². The molecule has 3 N–H and O–H groups in total. The molecule has 16 heavy (non-hydrogen) atoms. The van der Waals surface area contributed by atoms with Crippen LogP contribution in [0.5, 0.6) is 0 Å². The summed E-state index contributed by atoms with van der Waals surface area (Å²) in [6, 6.07) is 7.34. The van der Waals surface area contributed by atoms with E-state index in [9.17, 15) is 0 Å². The molecule has 0 aliphatic heterocycles. The lowest BCUT2D eigenvalue weighted by atomic mass is 10.0. The molecule has 0 aromatic heterocycles. The Bertz CT molecular complexity index is 340. The number of benzene rings is 1. The highest BCUT2D eigenvalue weighted by Gasteiger charge is 2.23. The van der Waals surface area contributed by atoms with E-state index in [1.54, 1.807) is 0 Å². The molecule has 1 aliphatic rings. The van der Waals surface area contributed by atoms with E-state index < -0.39 is 0 Å². The normalized spacial score (nSPS) is 24.9. The number of aryl methyl sites for hydroxylation is 2. The Balaban J connectivity index is 1.99. The Labute approximate surface area is 98.2 Å². The van der Waals surface area contributed by atoms with Crippen LogP contribution in [0.1, 0.15) is 36.0 Å². The van der Waals surface area contributed by atoms with Crippen molar-refractivity contribution in [2.75, 3.05) is 0 Å². The second-order valence-electron chi connectivity index (χ2n) is 4.95. The van der Waals surface area contributed by atoms with E-state index in [0.717, 1.165) is 6.54 Å². The molecular weight excluding hydrogens is 196 g/mol. The fraction of sp³-hybridized carbons (Fsp3) is 0.571. The molecule has 2 rings (SSSR count). The third kappa shape index (κ3) is 2.45. The molecule has 0 radical (unpaired) electrons. The molecule has 0 heterocycles. The monoisotopic (exact) mass is 218 g/mol. The van der Waals surface area contributed by atoms with Gasteiger partial charge in [0.05, 0.1) is 0 Å². The summed E-state index contributed by atoms with van der Waals surface area (Å²) in [4.78, 5) is 0. The van der Waals surface area contributed by atoms with Crippen LogP contribution in [0.15, 0.2) is 18.2 Å². The standard InChI is InChI=1S/C14H22N2/c1-10-5-3-6-11(2)12(10)9-16-14-8-4-7-13(14)15/h3,5-6,13-14,16H,4,7-9,15H2,1-2H3/t13-,14-/m1/s1. The van der Waals surface area contributed by atoms with E-state index in [0.29, 0.717) is 12.1 Å². The summed E-state index contributed by atoms with van der Waals surface area (Å²) < 4.78 is 0. The first kappa shape index (κ1) is 11.6. The quantitative estimate of drug-likeness (QED) is 0.817. The molecule has 88 valence electrons. The maximum atomic E-state index is 6.06. The minimum Gasteiger partial charge on any atom is -0.326 e. The first-order valence-electron chi connectivity index (χ1n) is 6.22. The van der Waals surface area contributed by atoms with Crippen LogP contribution in [-0.2, 0) is 6.54 Å². The highest BCUT2D eigenvalue weighted by Crippen LogP contribution is 2.19. The van der Waals surface area contributed by atoms with Gasteiger partial charge in [0.25, 0.3) is 0 Å². The summed E-state index contributed by atoms with van der Waals surface area (Å²) in [6.45, 7) is 5.31. The van der Waals surface area contributed by atoms with Crippen LogP contribution in [0.2, 0.25) is 0 Å². The lowest BCUT2D eigenvalue weighted by Crippen LogP contribution is -2.40. The molecule has 0 spiro atoms. The number of hydrogen-bond donors (Lipinski definition) is 2. The van der Waals surface area contributed by atoms with Gasteiger partial charge in [-0.3, -0.25) is 0 Å². The molecule has 2 heteroatoms. The first-order valence-corrected chi connectivity index (χ1v) is 6.22. The molecule has 0 amide bonds. The van der Waals surface area contributed by atoms with E-state index in [1.165, 1.54) is 36.0 Å². The SMILES string of the molecule is Cc1cccc(C)c1CN[C@@H]1CCC[C@H]1N. The molecule has 0 unspecified atom stereocenters. The van der Waals surface area contributed by atoms with Crippen LogP contribution in [0, 0.1) is 13.8 Å². The molecule has 2 nitrogen and oxygen atoms in total. The van der Waals surface area contributed by atoms with Gasteiger partial charge in [0.1, 0.15) is 0 Å². The van der Waals surface area contributed by atoms with Gasteiger partial charge in [-0.15, -0.1) is 0 Å². The first-order chi connectivity index (χ1) is 7.68. The minimum atomic E-state index is 0.351.